The molecule has 2 aliphatic heterocycles. The number of rotatable bonds is 6. The normalized spacial score (nSPS) is 22.6. The number of imidazole rings is 1. The lowest BCUT2D eigenvalue weighted by molar-refractivity contribution is -0.389. The van der Waals surface area contributed by atoms with E-state index in [1.165, 1.54) is 6.20 Å². The number of nitro groups is 1. The molecule has 0 N–H and O–H groups in total. The van der Waals surface area contributed by atoms with Gasteiger partial charge >= 0.3 is 11.8 Å². The highest BCUT2D eigenvalue weighted by molar-refractivity contribution is 6.30. The molecule has 30 heavy (non-hydrogen) atoms. The minimum Gasteiger partial charge on any atom is -0.490 e. The summed E-state index contributed by atoms with van der Waals surface area (Å²) >= 11 is 5.98. The highest BCUT2D eigenvalue weighted by Crippen LogP contribution is 2.32. The van der Waals surface area contributed by atoms with Gasteiger partial charge in [-0.15, -0.1) is 0 Å². The van der Waals surface area contributed by atoms with E-state index in [0.29, 0.717) is 17.6 Å². The Morgan fingerprint density at radius 1 is 1.40 bits per heavy atom. The molecule has 1 saturated heterocycles. The minimum atomic E-state index is -0.500. The van der Waals surface area contributed by atoms with E-state index in [-0.39, 0.29) is 11.9 Å². The molecular weight excluding hydrogens is 408 g/mol. The molecule has 0 unspecified atom stereocenters. The zero-order valence-corrected chi connectivity index (χ0v) is 17.8. The van der Waals surface area contributed by atoms with Gasteiger partial charge in [0.05, 0.1) is 6.54 Å². The zero-order valence-electron chi connectivity index (χ0n) is 17.1. The van der Waals surface area contributed by atoms with Crippen molar-refractivity contribution in [2.24, 2.45) is 0 Å². The third-order valence-electron chi connectivity index (χ3n) is 5.53. The summed E-state index contributed by atoms with van der Waals surface area (Å²) in [5, 5.41) is 11.6. The second kappa shape index (κ2) is 8.28. The van der Waals surface area contributed by atoms with Gasteiger partial charge in [-0.25, -0.2) is 0 Å². The molecule has 9 heteroatoms. The van der Waals surface area contributed by atoms with E-state index < -0.39 is 10.5 Å². The lowest BCUT2D eigenvalue weighted by Crippen LogP contribution is -2.48. The van der Waals surface area contributed by atoms with Crippen LogP contribution in [0.25, 0.3) is 5.76 Å². The Bertz CT molecular complexity index is 925. The molecule has 2 aromatic rings. The first-order valence-corrected chi connectivity index (χ1v) is 10.4. The Hall–Kier alpha value is -2.58. The van der Waals surface area contributed by atoms with E-state index in [1.54, 1.807) is 4.57 Å². The van der Waals surface area contributed by atoms with Crippen molar-refractivity contribution < 1.29 is 14.4 Å². The van der Waals surface area contributed by atoms with Crippen molar-refractivity contribution >= 4 is 23.2 Å². The number of ether oxygens (including phenoxy) is 2. The number of nitrogens with zero attached hydrogens (tertiary/aromatic N) is 4. The van der Waals surface area contributed by atoms with Crippen LogP contribution in [0, 0.1) is 10.1 Å². The van der Waals surface area contributed by atoms with Crippen molar-refractivity contribution in [3.63, 3.8) is 0 Å². The van der Waals surface area contributed by atoms with Crippen molar-refractivity contribution in [1.29, 1.82) is 0 Å². The molecule has 4 rings (SSSR count). The fourth-order valence-electron chi connectivity index (χ4n) is 4.12. The maximum atomic E-state index is 10.9. The number of allylic oxidation sites excluding steroid dienone is 1. The summed E-state index contributed by atoms with van der Waals surface area (Å²) in [4.78, 5) is 16.7. The van der Waals surface area contributed by atoms with Gasteiger partial charge in [0.15, 0.2) is 0 Å². The number of aromatic nitrogens is 2. The van der Waals surface area contributed by atoms with Gasteiger partial charge < -0.3 is 19.6 Å². The van der Waals surface area contributed by atoms with Crippen molar-refractivity contribution in [2.45, 2.75) is 44.9 Å². The molecule has 160 valence electrons. The molecular formula is C21H25ClN4O4. The molecule has 1 fully saturated rings. The second-order valence-electron chi connectivity index (χ2n) is 8.07. The Kier molecular flexibility index (Phi) is 5.71. The van der Waals surface area contributed by atoms with E-state index in [1.807, 2.05) is 44.2 Å². The molecule has 2 aliphatic rings. The van der Waals surface area contributed by atoms with E-state index in [4.69, 9.17) is 21.1 Å². The fraction of sp³-hybridized carbons (Fsp3) is 0.476. The first kappa shape index (κ1) is 20.7. The number of piperidine rings is 1. The quantitative estimate of drug-likeness (QED) is 0.387. The number of halogens is 1. The summed E-state index contributed by atoms with van der Waals surface area (Å²) in [5.41, 5.74) is 0.586. The molecule has 3 heterocycles. The first-order valence-electron chi connectivity index (χ1n) is 10.1. The SMILES string of the molecule is CC=C(OC1CCN(C[C@@]2(C)Cn3cc([N+](=O)[O-])nc3O2)CC1)c1ccc(Cl)cc1. The molecule has 0 aliphatic carbocycles. The van der Waals surface area contributed by atoms with Crippen molar-refractivity contribution in [2.75, 3.05) is 19.6 Å². The third kappa shape index (κ3) is 4.44. The van der Waals surface area contributed by atoms with Gasteiger partial charge in [-0.05, 0) is 62.0 Å². The maximum Gasteiger partial charge on any atom is 0.415 e. The third-order valence-corrected chi connectivity index (χ3v) is 5.79. The molecule has 0 radical (unpaired) electrons. The average Bonchev–Trinajstić information content (AvgIpc) is 3.23. The predicted molar refractivity (Wildman–Crippen MR) is 114 cm³/mol. The van der Waals surface area contributed by atoms with Crippen LogP contribution in [0.5, 0.6) is 6.01 Å². The van der Waals surface area contributed by atoms with E-state index in [2.05, 4.69) is 9.88 Å². The van der Waals surface area contributed by atoms with Crippen molar-refractivity contribution in [3.8, 4) is 6.01 Å². The van der Waals surface area contributed by atoms with Crippen LogP contribution < -0.4 is 4.74 Å². The molecule has 0 saturated carbocycles. The number of hydrogen-bond donors (Lipinski definition) is 0. The van der Waals surface area contributed by atoms with Crippen LogP contribution in [0.15, 0.2) is 36.5 Å². The number of benzene rings is 1. The highest BCUT2D eigenvalue weighted by atomic mass is 35.5. The monoisotopic (exact) mass is 432 g/mol. The van der Waals surface area contributed by atoms with Crippen LogP contribution in [-0.2, 0) is 11.3 Å². The smallest absolute Gasteiger partial charge is 0.415 e. The Labute approximate surface area is 180 Å². The average molecular weight is 433 g/mol. The van der Waals surface area contributed by atoms with Crippen LogP contribution in [0.4, 0.5) is 5.82 Å². The lowest BCUT2D eigenvalue weighted by atomic mass is 10.0. The molecule has 1 aromatic carbocycles. The summed E-state index contributed by atoms with van der Waals surface area (Å²) in [5.74, 6) is 0.703. The van der Waals surface area contributed by atoms with Gasteiger partial charge in [-0.1, -0.05) is 11.6 Å². The van der Waals surface area contributed by atoms with Crippen molar-refractivity contribution in [3.05, 3.63) is 57.2 Å². The lowest BCUT2D eigenvalue weighted by Gasteiger charge is -2.36. The molecule has 1 atom stereocenters. The van der Waals surface area contributed by atoms with Gasteiger partial charge in [0, 0.05) is 35.2 Å². The summed E-state index contributed by atoms with van der Waals surface area (Å²) in [6, 6.07) is 8.00. The first-order chi connectivity index (χ1) is 14.3. The van der Waals surface area contributed by atoms with Crippen LogP contribution in [0.2, 0.25) is 5.02 Å². The topological polar surface area (TPSA) is 82.7 Å². The molecule has 0 bridgehead atoms. The van der Waals surface area contributed by atoms with Crippen LogP contribution in [0.3, 0.4) is 0 Å². The van der Waals surface area contributed by atoms with E-state index in [0.717, 1.165) is 43.8 Å². The van der Waals surface area contributed by atoms with Gasteiger partial charge in [-0.3, -0.25) is 9.47 Å². The number of fused-ring (bicyclic) bond motifs is 1. The number of likely N-dealkylation sites (tertiary alicyclic amines) is 1. The number of hydrogen-bond acceptors (Lipinski definition) is 6. The van der Waals surface area contributed by atoms with Gasteiger partial charge in [0.2, 0.25) is 0 Å². The predicted octanol–water partition coefficient (Wildman–Crippen LogP) is 4.14. The summed E-state index contributed by atoms with van der Waals surface area (Å²) in [6.45, 7) is 7.11. The van der Waals surface area contributed by atoms with E-state index >= 15 is 0 Å². The van der Waals surface area contributed by atoms with Crippen LogP contribution in [-0.4, -0.2) is 50.7 Å². The van der Waals surface area contributed by atoms with E-state index in [9.17, 15) is 10.1 Å². The van der Waals surface area contributed by atoms with Gasteiger partial charge in [-0.2, -0.15) is 0 Å². The summed E-state index contributed by atoms with van der Waals surface area (Å²) in [6.07, 6.45) is 5.45. The highest BCUT2D eigenvalue weighted by Gasteiger charge is 2.42. The molecule has 0 amide bonds. The van der Waals surface area contributed by atoms with Gasteiger partial charge in [0.25, 0.3) is 0 Å². The largest absolute Gasteiger partial charge is 0.490 e. The van der Waals surface area contributed by atoms with Crippen LogP contribution >= 0.6 is 11.6 Å². The molecule has 0 spiro atoms. The summed E-state index contributed by atoms with van der Waals surface area (Å²) < 4.78 is 13.9. The standard InChI is InChI=1S/C21H25ClN4O4/c1-3-18(15-4-6-16(22)7-5-15)29-17-8-10-24(11-9-17)13-21(2)14-25-12-19(26(27)28)23-20(25)30-21/h3-7,12,17H,8-11,13-14H2,1-2H3/t21-/m0/s1. The zero-order chi connectivity index (χ0) is 21.3. The van der Waals surface area contributed by atoms with Crippen LogP contribution in [0.1, 0.15) is 32.3 Å². The van der Waals surface area contributed by atoms with Gasteiger partial charge in [0.1, 0.15) is 23.7 Å². The Morgan fingerprint density at radius 3 is 2.70 bits per heavy atom. The maximum absolute atomic E-state index is 10.9. The minimum absolute atomic E-state index is 0.165. The molecule has 8 nitrogen and oxygen atoms in total. The Morgan fingerprint density at radius 2 is 2.10 bits per heavy atom. The van der Waals surface area contributed by atoms with Crippen molar-refractivity contribution in [1.82, 2.24) is 14.5 Å². The second-order valence-corrected chi connectivity index (χ2v) is 8.51. The fourth-order valence-corrected chi connectivity index (χ4v) is 4.24. The Balaban J connectivity index is 1.29. The molecule has 1 aromatic heterocycles. The summed E-state index contributed by atoms with van der Waals surface area (Å²) in [7, 11) is 0.